The molecule has 0 fully saturated rings. The normalized spacial score (nSPS) is 24.8. The van der Waals surface area contributed by atoms with E-state index >= 15 is 0 Å². The van der Waals surface area contributed by atoms with Gasteiger partial charge < -0.3 is 0 Å². The first-order valence-corrected chi connectivity index (χ1v) is 3.39. The highest BCUT2D eigenvalue weighted by molar-refractivity contribution is 5.97. The fourth-order valence-electron chi connectivity index (χ4n) is 0.855. The van der Waals surface area contributed by atoms with Gasteiger partial charge in [-0.15, -0.1) is 0 Å². The molecule has 1 heterocycles. The van der Waals surface area contributed by atoms with Crippen LogP contribution in [0.2, 0.25) is 0 Å². The van der Waals surface area contributed by atoms with Crippen molar-refractivity contribution in [2.24, 2.45) is 11.0 Å². The molecule has 2 N–H and O–H groups in total. The highest BCUT2D eigenvalue weighted by atomic mass is 19.4. The smallest absolute Gasteiger partial charge is 0.287 e. The van der Waals surface area contributed by atoms with Crippen molar-refractivity contribution >= 4 is 11.5 Å². The topological polar surface area (TPSA) is 48.2 Å². The summed E-state index contributed by atoms with van der Waals surface area (Å²) < 4.78 is 36.0. The standard InChI is InChI=1S/C6H8F3N3/c1-3-2-4(6(7,8)9)11-12-5(3)10/h3H,2H2,1H3,(H2,10,12). The minimum Gasteiger partial charge on any atom is -0.287 e. The molecule has 1 unspecified atom stereocenters. The minimum atomic E-state index is -4.37. The molecule has 0 spiro atoms. The van der Waals surface area contributed by atoms with Crippen molar-refractivity contribution < 1.29 is 13.2 Å². The first-order chi connectivity index (χ1) is 5.41. The zero-order valence-electron chi connectivity index (χ0n) is 6.37. The Morgan fingerprint density at radius 1 is 1.58 bits per heavy atom. The van der Waals surface area contributed by atoms with E-state index in [0.717, 1.165) is 0 Å². The summed E-state index contributed by atoms with van der Waals surface area (Å²) >= 11 is 0. The van der Waals surface area contributed by atoms with Crippen LogP contribution in [0.25, 0.3) is 0 Å². The first kappa shape index (κ1) is 9.02. The molecule has 1 aliphatic heterocycles. The molecule has 0 aromatic heterocycles. The van der Waals surface area contributed by atoms with E-state index in [2.05, 4.69) is 5.10 Å². The van der Waals surface area contributed by atoms with E-state index in [-0.39, 0.29) is 12.3 Å². The van der Waals surface area contributed by atoms with Crippen molar-refractivity contribution in [2.45, 2.75) is 19.5 Å². The maximum absolute atomic E-state index is 12.0. The van der Waals surface area contributed by atoms with Crippen LogP contribution >= 0.6 is 0 Å². The molecule has 0 bridgehead atoms. The summed E-state index contributed by atoms with van der Waals surface area (Å²) in [6, 6.07) is 0. The molecule has 0 aromatic rings. The number of nitrogens with one attached hydrogen (secondary N) is 2. The van der Waals surface area contributed by atoms with Crippen molar-refractivity contribution in [3.8, 4) is 0 Å². The van der Waals surface area contributed by atoms with Crippen LogP contribution in [0, 0.1) is 11.3 Å². The number of hydrazone groups is 1. The maximum Gasteiger partial charge on any atom is 0.431 e. The van der Waals surface area contributed by atoms with Crippen LogP contribution < -0.4 is 5.43 Å². The Balaban J connectivity index is 2.77. The summed E-state index contributed by atoms with van der Waals surface area (Å²) in [6.07, 6.45) is -4.59. The molecule has 0 saturated heterocycles. The Kier molecular flexibility index (Phi) is 2.08. The summed E-state index contributed by atoms with van der Waals surface area (Å²) in [5, 5.41) is 10.2. The molecule has 3 nitrogen and oxygen atoms in total. The lowest BCUT2D eigenvalue weighted by molar-refractivity contribution is -0.0614. The third-order valence-electron chi connectivity index (χ3n) is 1.63. The van der Waals surface area contributed by atoms with Crippen LogP contribution in [0.4, 0.5) is 13.2 Å². The number of amidine groups is 1. The Bertz CT molecular complexity index is 231. The second-order valence-electron chi connectivity index (χ2n) is 2.69. The van der Waals surface area contributed by atoms with E-state index in [4.69, 9.17) is 5.41 Å². The summed E-state index contributed by atoms with van der Waals surface area (Å²) in [5.74, 6) is -0.401. The third-order valence-corrected chi connectivity index (χ3v) is 1.63. The molecular formula is C6H8F3N3. The second-order valence-corrected chi connectivity index (χ2v) is 2.69. The molecule has 0 radical (unpaired) electrons. The van der Waals surface area contributed by atoms with Crippen LogP contribution in [0.15, 0.2) is 5.10 Å². The summed E-state index contributed by atoms with van der Waals surface area (Å²) in [6.45, 7) is 1.55. The lowest BCUT2D eigenvalue weighted by Crippen LogP contribution is -2.38. The largest absolute Gasteiger partial charge is 0.431 e. The predicted octanol–water partition coefficient (Wildman–Crippen LogP) is 1.51. The molecule has 0 aliphatic carbocycles. The van der Waals surface area contributed by atoms with E-state index in [1.54, 1.807) is 6.92 Å². The highest BCUT2D eigenvalue weighted by Crippen LogP contribution is 2.23. The molecule has 0 saturated carbocycles. The summed E-state index contributed by atoms with van der Waals surface area (Å²) in [5.41, 5.74) is 1.20. The van der Waals surface area contributed by atoms with Gasteiger partial charge in [-0.2, -0.15) is 18.3 Å². The molecule has 1 aliphatic rings. The van der Waals surface area contributed by atoms with Gasteiger partial charge in [0, 0.05) is 12.3 Å². The van der Waals surface area contributed by atoms with Crippen LogP contribution in [-0.4, -0.2) is 17.7 Å². The fraction of sp³-hybridized carbons (Fsp3) is 0.667. The monoisotopic (exact) mass is 179 g/mol. The number of rotatable bonds is 0. The number of hydrogen-bond donors (Lipinski definition) is 2. The second kappa shape index (κ2) is 2.76. The van der Waals surface area contributed by atoms with Crippen LogP contribution in [-0.2, 0) is 0 Å². The molecule has 0 amide bonds. The maximum atomic E-state index is 12.0. The molecule has 0 aromatic carbocycles. The lowest BCUT2D eigenvalue weighted by atomic mass is 10.0. The highest BCUT2D eigenvalue weighted by Gasteiger charge is 2.38. The van der Waals surface area contributed by atoms with Gasteiger partial charge in [-0.1, -0.05) is 6.92 Å². The van der Waals surface area contributed by atoms with Crippen molar-refractivity contribution in [1.82, 2.24) is 5.43 Å². The molecular weight excluding hydrogens is 171 g/mol. The van der Waals surface area contributed by atoms with Gasteiger partial charge in [-0.3, -0.25) is 10.8 Å². The minimum absolute atomic E-state index is 0.0306. The Morgan fingerprint density at radius 3 is 2.58 bits per heavy atom. The zero-order valence-corrected chi connectivity index (χ0v) is 6.37. The van der Waals surface area contributed by atoms with Gasteiger partial charge >= 0.3 is 6.18 Å². The number of halogens is 3. The lowest BCUT2D eigenvalue weighted by Gasteiger charge is -2.21. The van der Waals surface area contributed by atoms with Gasteiger partial charge in [0.1, 0.15) is 11.5 Å². The predicted molar refractivity (Wildman–Crippen MR) is 38.1 cm³/mol. The average molecular weight is 179 g/mol. The average Bonchev–Trinajstić information content (AvgIpc) is 1.92. The fourth-order valence-corrected chi connectivity index (χ4v) is 0.855. The van der Waals surface area contributed by atoms with E-state index < -0.39 is 17.8 Å². The Hall–Kier alpha value is -1.07. The van der Waals surface area contributed by atoms with Gasteiger partial charge in [0.25, 0.3) is 0 Å². The van der Waals surface area contributed by atoms with Gasteiger partial charge in [-0.25, -0.2) is 0 Å². The van der Waals surface area contributed by atoms with Crippen molar-refractivity contribution in [2.75, 3.05) is 0 Å². The van der Waals surface area contributed by atoms with E-state index in [1.165, 1.54) is 0 Å². The molecule has 68 valence electrons. The number of hydrogen-bond acceptors (Lipinski definition) is 2. The van der Waals surface area contributed by atoms with Crippen LogP contribution in [0.1, 0.15) is 13.3 Å². The quantitative estimate of drug-likeness (QED) is 0.581. The Labute approximate surface area is 67.2 Å². The van der Waals surface area contributed by atoms with E-state index in [9.17, 15) is 13.2 Å². The Morgan fingerprint density at radius 2 is 2.17 bits per heavy atom. The molecule has 12 heavy (non-hydrogen) atoms. The van der Waals surface area contributed by atoms with Crippen molar-refractivity contribution in [1.29, 1.82) is 5.41 Å². The first-order valence-electron chi connectivity index (χ1n) is 3.39. The van der Waals surface area contributed by atoms with Crippen molar-refractivity contribution in [3.05, 3.63) is 0 Å². The zero-order chi connectivity index (χ0) is 9.35. The third kappa shape index (κ3) is 1.75. The molecule has 1 atom stereocenters. The van der Waals surface area contributed by atoms with Gasteiger partial charge in [0.05, 0.1) is 0 Å². The van der Waals surface area contributed by atoms with E-state index in [0.29, 0.717) is 0 Å². The summed E-state index contributed by atoms with van der Waals surface area (Å²) in [4.78, 5) is 0. The van der Waals surface area contributed by atoms with Crippen molar-refractivity contribution in [3.63, 3.8) is 0 Å². The van der Waals surface area contributed by atoms with E-state index in [1.807, 2.05) is 5.43 Å². The number of nitrogens with zero attached hydrogens (tertiary/aromatic N) is 1. The van der Waals surface area contributed by atoms with Crippen LogP contribution in [0.3, 0.4) is 0 Å². The molecule has 1 rings (SSSR count). The molecule has 6 heteroatoms. The summed E-state index contributed by atoms with van der Waals surface area (Å²) in [7, 11) is 0. The van der Waals surface area contributed by atoms with Crippen LogP contribution in [0.5, 0.6) is 0 Å². The van der Waals surface area contributed by atoms with Gasteiger partial charge in [0.15, 0.2) is 0 Å². The number of alkyl halides is 3. The SMILES string of the molecule is CC1CC(C(F)(F)F)=NNC1=N. The van der Waals surface area contributed by atoms with Gasteiger partial charge in [-0.05, 0) is 0 Å². The van der Waals surface area contributed by atoms with Gasteiger partial charge in [0.2, 0.25) is 0 Å².